The van der Waals surface area contributed by atoms with Crippen molar-refractivity contribution >= 4 is 11.9 Å². The number of rotatable bonds is 49. The van der Waals surface area contributed by atoms with Gasteiger partial charge in [0.15, 0.2) is 0 Å². The lowest BCUT2D eigenvalue weighted by atomic mass is 10.0. The molecule has 3 atom stereocenters. The number of unbranched alkanes of at least 4 members (excludes halogenated alkanes) is 30. The number of amides is 1. The Morgan fingerprint density at radius 2 is 0.841 bits per heavy atom. The lowest BCUT2D eigenvalue weighted by molar-refractivity contribution is -0.150. The minimum atomic E-state index is -0.809. The summed E-state index contributed by atoms with van der Waals surface area (Å²) in [5.41, 5.74) is 0. The van der Waals surface area contributed by atoms with E-state index in [1.807, 2.05) is 6.08 Å². The van der Waals surface area contributed by atoms with Crippen molar-refractivity contribution in [3.63, 3.8) is 0 Å². The van der Waals surface area contributed by atoms with Crippen LogP contribution >= 0.6 is 0 Å². The van der Waals surface area contributed by atoms with Crippen molar-refractivity contribution in [2.24, 2.45) is 0 Å². The predicted octanol–water partition coefficient (Wildman–Crippen LogP) is 16.6. The summed E-state index contributed by atoms with van der Waals surface area (Å²) >= 11 is 0. The molecule has 1 amide bonds. The Kier molecular flexibility index (Phi) is 49.1. The van der Waals surface area contributed by atoms with Crippen molar-refractivity contribution in [1.82, 2.24) is 5.32 Å². The summed E-state index contributed by atoms with van der Waals surface area (Å²) < 4.78 is 5.88. The summed E-state index contributed by atoms with van der Waals surface area (Å²) in [4.78, 5) is 26.1. The first-order valence-electron chi connectivity index (χ1n) is 27.4. The molecule has 0 aromatic heterocycles. The highest BCUT2D eigenvalue weighted by molar-refractivity contribution is 5.77. The average Bonchev–Trinajstić information content (AvgIpc) is 3.28. The monoisotopic (exact) mass is 884 g/mol. The smallest absolute Gasteiger partial charge is 0.306 e. The summed E-state index contributed by atoms with van der Waals surface area (Å²) in [6.45, 7) is 6.44. The first kappa shape index (κ1) is 60.8. The van der Waals surface area contributed by atoms with E-state index in [-0.39, 0.29) is 24.9 Å². The highest BCUT2D eigenvalue weighted by Crippen LogP contribution is 2.17. The minimum absolute atomic E-state index is 0.00452. The van der Waals surface area contributed by atoms with Crippen molar-refractivity contribution in [3.05, 3.63) is 48.6 Å². The fourth-order valence-corrected chi connectivity index (χ4v) is 8.23. The molecule has 0 fully saturated rings. The SMILES string of the molecule is CCCCC/C=C\C/C=C\C/C=C\C/C=C\CC(CC(=O)NC(CO)C(O)CCCCCCCCCCCCC)OC(=O)CCCCCCCCCCCCCCCCCCCC. The number of carbonyl (C=O) groups excluding carboxylic acids is 2. The van der Waals surface area contributed by atoms with E-state index in [2.05, 4.69) is 68.6 Å². The van der Waals surface area contributed by atoms with Gasteiger partial charge in [-0.1, -0.05) is 262 Å². The number of esters is 1. The van der Waals surface area contributed by atoms with E-state index in [4.69, 9.17) is 4.74 Å². The van der Waals surface area contributed by atoms with E-state index >= 15 is 0 Å². The fourth-order valence-electron chi connectivity index (χ4n) is 8.23. The van der Waals surface area contributed by atoms with E-state index in [0.717, 1.165) is 57.8 Å². The van der Waals surface area contributed by atoms with Gasteiger partial charge in [0, 0.05) is 12.8 Å². The maximum Gasteiger partial charge on any atom is 0.306 e. The number of ether oxygens (including phenoxy) is 1. The first-order valence-corrected chi connectivity index (χ1v) is 27.4. The molecule has 0 aliphatic heterocycles. The standard InChI is InChI=1S/C57H105NO5/c1-4-7-10-13-16-19-22-24-26-27-28-30-32-35-38-41-44-47-50-57(62)63-53(48-45-42-39-36-34-31-29-25-23-20-17-14-11-8-5-2)51-56(61)58-54(52-59)55(60)49-46-43-40-37-33-21-18-15-12-9-6-3/h17,20,25,29,34,36,42,45,53-55,59-60H,4-16,18-19,21-24,26-28,30-33,35,37-41,43-44,46-52H2,1-3H3,(H,58,61)/b20-17-,29-25-,36-34-,45-42-. The average molecular weight is 884 g/mol. The molecule has 0 saturated carbocycles. The van der Waals surface area contributed by atoms with E-state index < -0.39 is 18.2 Å². The highest BCUT2D eigenvalue weighted by Gasteiger charge is 2.23. The van der Waals surface area contributed by atoms with Crippen LogP contribution in [0.2, 0.25) is 0 Å². The first-order chi connectivity index (χ1) is 31.0. The van der Waals surface area contributed by atoms with Crippen LogP contribution in [0.25, 0.3) is 0 Å². The second kappa shape index (κ2) is 50.8. The van der Waals surface area contributed by atoms with E-state index in [9.17, 15) is 19.8 Å². The van der Waals surface area contributed by atoms with Gasteiger partial charge in [0.2, 0.25) is 5.91 Å². The molecule has 368 valence electrons. The van der Waals surface area contributed by atoms with Crippen LogP contribution in [-0.2, 0) is 14.3 Å². The van der Waals surface area contributed by atoms with E-state index in [0.29, 0.717) is 19.3 Å². The second-order valence-electron chi connectivity index (χ2n) is 18.6. The number of carbonyl (C=O) groups is 2. The molecule has 63 heavy (non-hydrogen) atoms. The lowest BCUT2D eigenvalue weighted by Crippen LogP contribution is -2.46. The molecular weight excluding hydrogens is 779 g/mol. The summed E-state index contributed by atoms with van der Waals surface area (Å²) in [7, 11) is 0. The molecule has 0 bridgehead atoms. The third kappa shape index (κ3) is 46.2. The van der Waals surface area contributed by atoms with E-state index in [1.54, 1.807) is 0 Å². The third-order valence-corrected chi connectivity index (χ3v) is 12.4. The van der Waals surface area contributed by atoms with Crippen LogP contribution in [0, 0.1) is 0 Å². The molecule has 6 heteroatoms. The third-order valence-electron chi connectivity index (χ3n) is 12.4. The number of nitrogens with one attached hydrogen (secondary N) is 1. The largest absolute Gasteiger partial charge is 0.461 e. The van der Waals surface area contributed by atoms with Crippen LogP contribution in [0.3, 0.4) is 0 Å². The zero-order chi connectivity index (χ0) is 45.9. The summed E-state index contributed by atoms with van der Waals surface area (Å²) in [5.74, 6) is -0.565. The normalized spacial score (nSPS) is 13.5. The Hall–Kier alpha value is -2.18. The van der Waals surface area contributed by atoms with Crippen molar-refractivity contribution in [3.8, 4) is 0 Å². The number of aliphatic hydroxyl groups excluding tert-OH is 2. The van der Waals surface area contributed by atoms with Gasteiger partial charge < -0.3 is 20.3 Å². The van der Waals surface area contributed by atoms with Crippen LogP contribution in [0.5, 0.6) is 0 Å². The van der Waals surface area contributed by atoms with Crippen LogP contribution in [0.15, 0.2) is 48.6 Å². The van der Waals surface area contributed by atoms with Crippen LogP contribution in [-0.4, -0.2) is 46.9 Å². The Morgan fingerprint density at radius 1 is 0.476 bits per heavy atom. The van der Waals surface area contributed by atoms with Gasteiger partial charge in [-0.3, -0.25) is 9.59 Å². The highest BCUT2D eigenvalue weighted by atomic mass is 16.5. The lowest BCUT2D eigenvalue weighted by Gasteiger charge is -2.24. The fraction of sp³-hybridized carbons (Fsp3) is 0.825. The zero-order valence-corrected chi connectivity index (χ0v) is 42.0. The summed E-state index contributed by atoms with van der Waals surface area (Å²) in [6.07, 6.45) is 61.9. The van der Waals surface area contributed by atoms with E-state index in [1.165, 1.54) is 173 Å². The molecule has 0 radical (unpaired) electrons. The Morgan fingerprint density at radius 3 is 1.27 bits per heavy atom. The zero-order valence-electron chi connectivity index (χ0n) is 42.0. The van der Waals surface area contributed by atoms with Gasteiger partial charge in [0.25, 0.3) is 0 Å². The molecule has 0 aliphatic rings. The molecular formula is C57H105NO5. The molecule has 0 rings (SSSR count). The predicted molar refractivity (Wildman–Crippen MR) is 273 cm³/mol. The maximum atomic E-state index is 13.2. The maximum absolute atomic E-state index is 13.2. The van der Waals surface area contributed by atoms with Gasteiger partial charge in [0.05, 0.1) is 25.2 Å². The van der Waals surface area contributed by atoms with Crippen molar-refractivity contribution in [1.29, 1.82) is 0 Å². The number of hydrogen-bond donors (Lipinski definition) is 3. The molecule has 0 saturated heterocycles. The van der Waals surface area contributed by atoms with Gasteiger partial charge in [0.1, 0.15) is 6.10 Å². The molecule has 0 aliphatic carbocycles. The van der Waals surface area contributed by atoms with Gasteiger partial charge in [-0.05, 0) is 44.9 Å². The van der Waals surface area contributed by atoms with Gasteiger partial charge in [-0.15, -0.1) is 0 Å². The second-order valence-corrected chi connectivity index (χ2v) is 18.6. The summed E-state index contributed by atoms with van der Waals surface area (Å²) in [6, 6.07) is -0.728. The number of hydrogen-bond acceptors (Lipinski definition) is 5. The number of allylic oxidation sites excluding steroid dienone is 7. The van der Waals surface area contributed by atoms with Crippen molar-refractivity contribution < 1.29 is 24.5 Å². The Bertz CT molecular complexity index is 1080. The topological polar surface area (TPSA) is 95.9 Å². The Balaban J connectivity index is 4.64. The quantitative estimate of drug-likeness (QED) is 0.0321. The van der Waals surface area contributed by atoms with Gasteiger partial charge in [-0.25, -0.2) is 0 Å². The number of aliphatic hydroxyl groups is 2. The van der Waals surface area contributed by atoms with Crippen LogP contribution in [0.4, 0.5) is 0 Å². The van der Waals surface area contributed by atoms with Crippen molar-refractivity contribution in [2.75, 3.05) is 6.61 Å². The Labute approximate surface area is 391 Å². The molecule has 0 spiro atoms. The van der Waals surface area contributed by atoms with Gasteiger partial charge in [-0.2, -0.15) is 0 Å². The minimum Gasteiger partial charge on any atom is -0.461 e. The molecule has 3 N–H and O–H groups in total. The molecule has 0 heterocycles. The van der Waals surface area contributed by atoms with Crippen LogP contribution < -0.4 is 5.32 Å². The van der Waals surface area contributed by atoms with Crippen LogP contribution in [0.1, 0.15) is 278 Å². The molecule has 3 unspecified atom stereocenters. The van der Waals surface area contributed by atoms with Gasteiger partial charge >= 0.3 is 5.97 Å². The molecule has 0 aromatic carbocycles. The molecule has 6 nitrogen and oxygen atoms in total. The molecule has 0 aromatic rings. The van der Waals surface area contributed by atoms with Crippen molar-refractivity contribution in [2.45, 2.75) is 296 Å². The summed E-state index contributed by atoms with van der Waals surface area (Å²) in [5, 5.41) is 23.7.